The van der Waals surface area contributed by atoms with Gasteiger partial charge in [-0.2, -0.15) is 0 Å². The standard InChI is InChI=1S/C17H19F2N3O3/c18-15(19)13-4-2-8-22(13)17(25)16(24)20-11-6-7-12-10(9-11)3-1-5-14(23)21-12/h6-7,9,13,15H,1-5,8H2,(H,20,24)(H,21,23)/t13-/m0/s1. The number of alkyl halides is 2. The summed E-state index contributed by atoms with van der Waals surface area (Å²) in [6.07, 6.45) is -0.194. The highest BCUT2D eigenvalue weighted by atomic mass is 19.3. The largest absolute Gasteiger partial charge is 0.326 e. The third kappa shape index (κ3) is 3.78. The van der Waals surface area contributed by atoms with E-state index in [1.54, 1.807) is 18.2 Å². The molecule has 8 heteroatoms. The maximum absolute atomic E-state index is 12.9. The summed E-state index contributed by atoms with van der Waals surface area (Å²) in [5.41, 5.74) is 1.95. The molecule has 0 aliphatic carbocycles. The van der Waals surface area contributed by atoms with Gasteiger partial charge in [-0.05, 0) is 49.4 Å². The average molecular weight is 351 g/mol. The molecule has 3 rings (SSSR count). The molecule has 134 valence electrons. The minimum absolute atomic E-state index is 0.0576. The normalized spacial score (nSPS) is 20.0. The van der Waals surface area contributed by atoms with Crippen molar-refractivity contribution in [2.24, 2.45) is 0 Å². The third-order valence-corrected chi connectivity index (χ3v) is 4.53. The van der Waals surface area contributed by atoms with Crippen LogP contribution in [0, 0.1) is 0 Å². The number of benzene rings is 1. The van der Waals surface area contributed by atoms with Crippen LogP contribution < -0.4 is 10.6 Å². The zero-order chi connectivity index (χ0) is 18.0. The summed E-state index contributed by atoms with van der Waals surface area (Å²) in [4.78, 5) is 36.8. The molecule has 0 unspecified atom stereocenters. The molecular weight excluding hydrogens is 332 g/mol. The van der Waals surface area contributed by atoms with Gasteiger partial charge < -0.3 is 15.5 Å². The van der Waals surface area contributed by atoms with Gasteiger partial charge in [-0.1, -0.05) is 0 Å². The molecule has 3 amide bonds. The van der Waals surface area contributed by atoms with Crippen molar-refractivity contribution in [2.75, 3.05) is 17.2 Å². The number of likely N-dealkylation sites (tertiary alicyclic amines) is 1. The predicted molar refractivity (Wildman–Crippen MR) is 87.4 cm³/mol. The Kier molecular flexibility index (Phi) is 4.96. The number of aryl methyl sites for hydroxylation is 1. The molecule has 0 spiro atoms. The van der Waals surface area contributed by atoms with Crippen LogP contribution >= 0.6 is 0 Å². The van der Waals surface area contributed by atoms with Crippen LogP contribution in [-0.2, 0) is 20.8 Å². The summed E-state index contributed by atoms with van der Waals surface area (Å²) >= 11 is 0. The van der Waals surface area contributed by atoms with Crippen LogP contribution in [0.25, 0.3) is 0 Å². The molecule has 6 nitrogen and oxygen atoms in total. The fourth-order valence-electron chi connectivity index (χ4n) is 3.27. The van der Waals surface area contributed by atoms with Gasteiger partial charge >= 0.3 is 11.8 Å². The first-order valence-corrected chi connectivity index (χ1v) is 8.28. The van der Waals surface area contributed by atoms with Crippen molar-refractivity contribution in [3.63, 3.8) is 0 Å². The van der Waals surface area contributed by atoms with Gasteiger partial charge in [0.15, 0.2) is 0 Å². The lowest BCUT2D eigenvalue weighted by Gasteiger charge is -2.23. The van der Waals surface area contributed by atoms with Gasteiger partial charge in [0.25, 0.3) is 6.43 Å². The summed E-state index contributed by atoms with van der Waals surface area (Å²) in [5, 5.41) is 5.25. The zero-order valence-electron chi connectivity index (χ0n) is 13.6. The van der Waals surface area contributed by atoms with E-state index in [0.29, 0.717) is 37.1 Å². The molecule has 0 saturated carbocycles. The lowest BCUT2D eigenvalue weighted by atomic mass is 10.1. The van der Waals surface area contributed by atoms with E-state index in [1.165, 1.54) is 0 Å². The first-order chi connectivity index (χ1) is 12.0. The van der Waals surface area contributed by atoms with E-state index in [9.17, 15) is 23.2 Å². The lowest BCUT2D eigenvalue weighted by molar-refractivity contribution is -0.145. The Bertz CT molecular complexity index is 708. The number of nitrogens with one attached hydrogen (secondary N) is 2. The van der Waals surface area contributed by atoms with Crippen molar-refractivity contribution >= 4 is 29.1 Å². The number of carbonyl (C=O) groups is 3. The third-order valence-electron chi connectivity index (χ3n) is 4.53. The first-order valence-electron chi connectivity index (χ1n) is 8.28. The summed E-state index contributed by atoms with van der Waals surface area (Å²) in [7, 11) is 0. The molecule has 2 aliphatic heterocycles. The van der Waals surface area contributed by atoms with Crippen LogP contribution in [0.2, 0.25) is 0 Å². The van der Waals surface area contributed by atoms with E-state index in [0.717, 1.165) is 10.5 Å². The van der Waals surface area contributed by atoms with E-state index in [4.69, 9.17) is 0 Å². The molecule has 0 bridgehead atoms. The number of halogens is 2. The molecule has 2 heterocycles. The molecule has 1 fully saturated rings. The SMILES string of the molecule is O=C1CCCc2cc(NC(=O)C(=O)N3CCC[C@H]3C(F)F)ccc2N1. The Labute approximate surface area is 143 Å². The van der Waals surface area contributed by atoms with Crippen molar-refractivity contribution in [3.05, 3.63) is 23.8 Å². The highest BCUT2D eigenvalue weighted by Crippen LogP contribution is 2.26. The van der Waals surface area contributed by atoms with Crippen LogP contribution in [0.5, 0.6) is 0 Å². The Morgan fingerprint density at radius 1 is 1.24 bits per heavy atom. The summed E-state index contributed by atoms with van der Waals surface area (Å²) in [5.74, 6) is -1.92. The first kappa shape index (κ1) is 17.3. The quantitative estimate of drug-likeness (QED) is 0.802. The molecule has 0 aromatic heterocycles. The number of carbonyl (C=O) groups excluding carboxylic acids is 3. The van der Waals surface area contributed by atoms with E-state index in [2.05, 4.69) is 10.6 Å². The highest BCUT2D eigenvalue weighted by Gasteiger charge is 2.37. The van der Waals surface area contributed by atoms with E-state index in [1.807, 2.05) is 0 Å². The molecule has 2 aliphatic rings. The number of hydrogen-bond acceptors (Lipinski definition) is 3. The zero-order valence-corrected chi connectivity index (χ0v) is 13.6. The summed E-state index contributed by atoms with van der Waals surface area (Å²) in [6, 6.07) is 3.74. The van der Waals surface area contributed by atoms with Crippen molar-refractivity contribution in [3.8, 4) is 0 Å². The highest BCUT2D eigenvalue weighted by molar-refractivity contribution is 6.39. The topological polar surface area (TPSA) is 78.5 Å². The van der Waals surface area contributed by atoms with Gasteiger partial charge in [-0.3, -0.25) is 14.4 Å². The lowest BCUT2D eigenvalue weighted by Crippen LogP contribution is -2.45. The smallest absolute Gasteiger partial charge is 0.313 e. The molecular formula is C17H19F2N3O3. The Morgan fingerprint density at radius 3 is 2.80 bits per heavy atom. The van der Waals surface area contributed by atoms with Crippen LogP contribution in [0.3, 0.4) is 0 Å². The Morgan fingerprint density at radius 2 is 2.04 bits per heavy atom. The second-order valence-electron chi connectivity index (χ2n) is 6.27. The van der Waals surface area contributed by atoms with Crippen molar-refractivity contribution < 1.29 is 23.2 Å². The van der Waals surface area contributed by atoms with Crippen molar-refractivity contribution in [2.45, 2.75) is 44.6 Å². The molecule has 0 radical (unpaired) electrons. The van der Waals surface area contributed by atoms with Crippen LogP contribution in [0.1, 0.15) is 31.2 Å². The molecule has 1 aromatic carbocycles. The number of hydrogen-bond donors (Lipinski definition) is 2. The number of amides is 3. The average Bonchev–Trinajstić information content (AvgIpc) is 2.98. The van der Waals surface area contributed by atoms with E-state index < -0.39 is 24.3 Å². The van der Waals surface area contributed by atoms with Gasteiger partial charge in [-0.25, -0.2) is 8.78 Å². The summed E-state index contributed by atoms with van der Waals surface area (Å²) < 4.78 is 25.9. The number of fused-ring (bicyclic) bond motifs is 1. The van der Waals surface area contributed by atoms with Crippen LogP contribution in [0.15, 0.2) is 18.2 Å². The predicted octanol–water partition coefficient (Wildman–Crippen LogP) is 2.16. The Balaban J connectivity index is 1.70. The van der Waals surface area contributed by atoms with Gasteiger partial charge in [0.1, 0.15) is 0 Å². The molecule has 1 aromatic rings. The maximum Gasteiger partial charge on any atom is 0.313 e. The summed E-state index contributed by atoms with van der Waals surface area (Å²) in [6.45, 7) is 0.164. The van der Waals surface area contributed by atoms with Gasteiger partial charge in [0.05, 0.1) is 6.04 Å². The Hall–Kier alpha value is -2.51. The van der Waals surface area contributed by atoms with Gasteiger partial charge in [-0.15, -0.1) is 0 Å². The number of rotatable bonds is 2. The fourth-order valence-corrected chi connectivity index (χ4v) is 3.27. The molecule has 25 heavy (non-hydrogen) atoms. The second-order valence-corrected chi connectivity index (χ2v) is 6.27. The second kappa shape index (κ2) is 7.16. The number of anilines is 2. The molecule has 2 N–H and O–H groups in total. The molecule has 1 atom stereocenters. The van der Waals surface area contributed by atoms with Gasteiger partial charge in [0.2, 0.25) is 5.91 Å². The van der Waals surface area contributed by atoms with Crippen LogP contribution in [-0.4, -0.2) is 41.6 Å². The maximum atomic E-state index is 12.9. The fraction of sp³-hybridized carbons (Fsp3) is 0.471. The van der Waals surface area contributed by atoms with E-state index >= 15 is 0 Å². The molecule has 1 saturated heterocycles. The minimum atomic E-state index is -2.66. The van der Waals surface area contributed by atoms with Crippen LogP contribution in [0.4, 0.5) is 20.2 Å². The van der Waals surface area contributed by atoms with Crippen molar-refractivity contribution in [1.82, 2.24) is 4.90 Å². The van der Waals surface area contributed by atoms with E-state index in [-0.39, 0.29) is 18.9 Å². The van der Waals surface area contributed by atoms with Crippen molar-refractivity contribution in [1.29, 1.82) is 0 Å². The minimum Gasteiger partial charge on any atom is -0.326 e. The monoisotopic (exact) mass is 351 g/mol. The number of nitrogens with zero attached hydrogens (tertiary/aromatic N) is 1. The van der Waals surface area contributed by atoms with Gasteiger partial charge in [0, 0.05) is 24.3 Å².